The fourth-order valence-electron chi connectivity index (χ4n) is 3.62. The molecule has 1 aliphatic rings. The van der Waals surface area contributed by atoms with Crippen molar-refractivity contribution < 1.29 is 9.47 Å². The Morgan fingerprint density at radius 2 is 2.25 bits per heavy atom. The Kier molecular flexibility index (Phi) is 5.80. The van der Waals surface area contributed by atoms with Crippen molar-refractivity contribution in [1.29, 1.82) is 0 Å². The molecular weight excluding hydrogens is 318 g/mol. The molecule has 0 bridgehead atoms. The standard InChI is InChI=1S/C20H27NO2S/c1-4-21-13-16(19-6-5-11-24-19)12-15-9-10-23-20-14(2)18(22-3)8-7-17(15)20/h5-8,11,15-16,21H,4,9-10,12-13H2,1-3H3. The number of hydrogen-bond donors (Lipinski definition) is 1. The van der Waals surface area contributed by atoms with Gasteiger partial charge in [-0.05, 0) is 55.3 Å². The van der Waals surface area contributed by atoms with Crippen LogP contribution in [0.25, 0.3) is 0 Å². The van der Waals surface area contributed by atoms with E-state index in [1.807, 2.05) is 11.3 Å². The highest BCUT2D eigenvalue weighted by molar-refractivity contribution is 7.10. The number of hydrogen-bond acceptors (Lipinski definition) is 4. The van der Waals surface area contributed by atoms with Crippen LogP contribution in [0.3, 0.4) is 0 Å². The van der Waals surface area contributed by atoms with Crippen LogP contribution >= 0.6 is 11.3 Å². The molecule has 1 aromatic carbocycles. The maximum absolute atomic E-state index is 5.99. The zero-order valence-electron chi connectivity index (χ0n) is 14.8. The van der Waals surface area contributed by atoms with Gasteiger partial charge in [0.05, 0.1) is 13.7 Å². The van der Waals surface area contributed by atoms with Gasteiger partial charge >= 0.3 is 0 Å². The Bertz CT molecular complexity index is 654. The second-order valence-electron chi connectivity index (χ2n) is 6.40. The van der Waals surface area contributed by atoms with Gasteiger partial charge in [-0.25, -0.2) is 0 Å². The summed E-state index contributed by atoms with van der Waals surface area (Å²) in [6.07, 6.45) is 2.25. The van der Waals surface area contributed by atoms with Crippen LogP contribution in [0.1, 0.15) is 47.6 Å². The summed E-state index contributed by atoms with van der Waals surface area (Å²) in [6, 6.07) is 8.71. The van der Waals surface area contributed by atoms with E-state index < -0.39 is 0 Å². The number of nitrogens with one attached hydrogen (secondary N) is 1. The molecule has 2 unspecified atom stereocenters. The number of thiophene rings is 1. The van der Waals surface area contributed by atoms with Crippen molar-refractivity contribution in [2.75, 3.05) is 26.8 Å². The van der Waals surface area contributed by atoms with Gasteiger partial charge in [-0.2, -0.15) is 0 Å². The van der Waals surface area contributed by atoms with Crippen molar-refractivity contribution >= 4 is 11.3 Å². The number of benzene rings is 1. The molecular formula is C20H27NO2S. The second-order valence-corrected chi connectivity index (χ2v) is 7.38. The highest BCUT2D eigenvalue weighted by atomic mass is 32.1. The lowest BCUT2D eigenvalue weighted by molar-refractivity contribution is 0.254. The molecule has 0 radical (unpaired) electrons. The summed E-state index contributed by atoms with van der Waals surface area (Å²) in [7, 11) is 1.72. The van der Waals surface area contributed by atoms with E-state index in [1.165, 1.54) is 10.4 Å². The largest absolute Gasteiger partial charge is 0.496 e. The average Bonchev–Trinajstić information content (AvgIpc) is 3.14. The highest BCUT2D eigenvalue weighted by Gasteiger charge is 2.27. The number of methoxy groups -OCH3 is 1. The molecule has 3 rings (SSSR count). The Morgan fingerprint density at radius 1 is 1.38 bits per heavy atom. The van der Waals surface area contributed by atoms with Gasteiger partial charge in [-0.3, -0.25) is 0 Å². The lowest BCUT2D eigenvalue weighted by Gasteiger charge is -2.30. The van der Waals surface area contributed by atoms with E-state index in [1.54, 1.807) is 7.11 Å². The Balaban J connectivity index is 1.84. The molecule has 0 spiro atoms. The third-order valence-electron chi connectivity index (χ3n) is 4.91. The maximum atomic E-state index is 5.99. The van der Waals surface area contributed by atoms with Gasteiger partial charge in [0.2, 0.25) is 0 Å². The third kappa shape index (κ3) is 3.60. The van der Waals surface area contributed by atoms with E-state index in [4.69, 9.17) is 9.47 Å². The molecule has 1 aromatic heterocycles. The second kappa shape index (κ2) is 8.04. The van der Waals surface area contributed by atoms with E-state index in [-0.39, 0.29) is 0 Å². The molecule has 0 fully saturated rings. The number of fused-ring (bicyclic) bond motifs is 1. The van der Waals surface area contributed by atoms with Crippen LogP contribution in [0, 0.1) is 6.92 Å². The summed E-state index contributed by atoms with van der Waals surface area (Å²) in [6.45, 7) is 7.12. The molecule has 0 saturated carbocycles. The van der Waals surface area contributed by atoms with Gasteiger partial charge < -0.3 is 14.8 Å². The molecule has 3 nitrogen and oxygen atoms in total. The van der Waals surface area contributed by atoms with Gasteiger partial charge in [0, 0.05) is 22.9 Å². The lowest BCUT2D eigenvalue weighted by Crippen LogP contribution is -2.24. The molecule has 1 N–H and O–H groups in total. The molecule has 1 aliphatic heterocycles. The van der Waals surface area contributed by atoms with Crippen LogP contribution in [0.4, 0.5) is 0 Å². The van der Waals surface area contributed by atoms with E-state index in [9.17, 15) is 0 Å². The minimum atomic E-state index is 0.545. The predicted octanol–water partition coefficient (Wildman–Crippen LogP) is 4.71. The first kappa shape index (κ1) is 17.3. The smallest absolute Gasteiger partial charge is 0.129 e. The monoisotopic (exact) mass is 345 g/mol. The molecule has 2 heterocycles. The van der Waals surface area contributed by atoms with Crippen LogP contribution in [-0.2, 0) is 0 Å². The van der Waals surface area contributed by atoms with Crippen LogP contribution < -0.4 is 14.8 Å². The van der Waals surface area contributed by atoms with Crippen molar-refractivity contribution in [2.45, 2.75) is 38.5 Å². The Hall–Kier alpha value is -1.52. The van der Waals surface area contributed by atoms with E-state index >= 15 is 0 Å². The lowest BCUT2D eigenvalue weighted by atomic mass is 9.83. The van der Waals surface area contributed by atoms with E-state index in [0.29, 0.717) is 11.8 Å². The van der Waals surface area contributed by atoms with E-state index in [0.717, 1.165) is 49.6 Å². The van der Waals surface area contributed by atoms with Crippen LogP contribution in [0.15, 0.2) is 29.6 Å². The minimum Gasteiger partial charge on any atom is -0.496 e. The van der Waals surface area contributed by atoms with Gasteiger partial charge in [0.1, 0.15) is 11.5 Å². The summed E-state index contributed by atoms with van der Waals surface area (Å²) in [5, 5.41) is 5.72. The number of ether oxygens (including phenoxy) is 2. The number of likely N-dealkylation sites (N-methyl/N-ethyl adjacent to an activating group) is 1. The SMILES string of the molecule is CCNCC(CC1CCOc2c1ccc(OC)c2C)c1cccs1. The molecule has 2 atom stereocenters. The van der Waals surface area contributed by atoms with Crippen molar-refractivity contribution in [2.24, 2.45) is 0 Å². The number of rotatable bonds is 7. The topological polar surface area (TPSA) is 30.5 Å². The quantitative estimate of drug-likeness (QED) is 0.788. The summed E-state index contributed by atoms with van der Waals surface area (Å²) < 4.78 is 11.4. The summed E-state index contributed by atoms with van der Waals surface area (Å²) in [5.41, 5.74) is 2.47. The molecule has 130 valence electrons. The molecule has 0 amide bonds. The summed E-state index contributed by atoms with van der Waals surface area (Å²) >= 11 is 1.87. The molecule has 2 aromatic rings. The van der Waals surface area contributed by atoms with Crippen molar-refractivity contribution in [3.8, 4) is 11.5 Å². The summed E-state index contributed by atoms with van der Waals surface area (Å²) in [4.78, 5) is 1.48. The molecule has 0 saturated heterocycles. The summed E-state index contributed by atoms with van der Waals surface area (Å²) in [5.74, 6) is 3.06. The normalized spacial score (nSPS) is 17.9. The third-order valence-corrected chi connectivity index (χ3v) is 5.95. The first-order chi connectivity index (χ1) is 11.7. The molecule has 4 heteroatoms. The van der Waals surface area contributed by atoms with Crippen molar-refractivity contribution in [3.05, 3.63) is 45.6 Å². The Morgan fingerprint density at radius 3 is 2.96 bits per heavy atom. The maximum Gasteiger partial charge on any atom is 0.129 e. The van der Waals surface area contributed by atoms with E-state index in [2.05, 4.69) is 48.8 Å². The van der Waals surface area contributed by atoms with Gasteiger partial charge in [0.15, 0.2) is 0 Å². The Labute approximate surface area is 149 Å². The zero-order valence-corrected chi connectivity index (χ0v) is 15.6. The fraction of sp³-hybridized carbons (Fsp3) is 0.500. The van der Waals surface area contributed by atoms with Gasteiger partial charge in [0.25, 0.3) is 0 Å². The van der Waals surface area contributed by atoms with Crippen LogP contribution in [0.2, 0.25) is 0 Å². The van der Waals surface area contributed by atoms with Crippen molar-refractivity contribution in [3.63, 3.8) is 0 Å². The minimum absolute atomic E-state index is 0.545. The first-order valence-electron chi connectivity index (χ1n) is 8.79. The predicted molar refractivity (Wildman–Crippen MR) is 101 cm³/mol. The first-order valence-corrected chi connectivity index (χ1v) is 9.67. The van der Waals surface area contributed by atoms with Gasteiger partial charge in [-0.15, -0.1) is 11.3 Å². The molecule has 0 aliphatic carbocycles. The van der Waals surface area contributed by atoms with Crippen LogP contribution in [0.5, 0.6) is 11.5 Å². The molecule has 24 heavy (non-hydrogen) atoms. The highest BCUT2D eigenvalue weighted by Crippen LogP contribution is 2.44. The fourth-order valence-corrected chi connectivity index (χ4v) is 4.46. The van der Waals surface area contributed by atoms with Gasteiger partial charge in [-0.1, -0.05) is 19.1 Å². The zero-order chi connectivity index (χ0) is 16.9. The van der Waals surface area contributed by atoms with Crippen molar-refractivity contribution in [1.82, 2.24) is 5.32 Å². The average molecular weight is 346 g/mol. The van der Waals surface area contributed by atoms with Crippen LogP contribution in [-0.4, -0.2) is 26.8 Å².